The number of amides is 3. The van der Waals surface area contributed by atoms with E-state index in [0.717, 1.165) is 29.7 Å². The van der Waals surface area contributed by atoms with Crippen LogP contribution in [0.15, 0.2) is 79.0 Å². The first-order valence-corrected chi connectivity index (χ1v) is 16.3. The lowest BCUT2D eigenvalue weighted by atomic mass is 9.78. The Morgan fingerprint density at radius 2 is 1.65 bits per heavy atom. The van der Waals surface area contributed by atoms with Gasteiger partial charge in [0.1, 0.15) is 29.5 Å². The number of carbonyl (C=O) groups excluding carboxylic acids is 4. The maximum atomic E-state index is 13.3. The number of nitrogens with one attached hydrogen (secondary N) is 2. The van der Waals surface area contributed by atoms with Crippen molar-refractivity contribution in [2.24, 2.45) is 0 Å². The number of aromatic nitrogens is 2. The number of hydrogen-bond acceptors (Lipinski definition) is 9. The van der Waals surface area contributed by atoms with Crippen molar-refractivity contribution in [3.63, 3.8) is 0 Å². The number of aryl methyl sites for hydroxylation is 1. The van der Waals surface area contributed by atoms with E-state index >= 15 is 0 Å². The number of piperidine rings is 1. The number of nitrogens with zero attached hydrogens (tertiary/aromatic N) is 3. The van der Waals surface area contributed by atoms with Gasteiger partial charge in [0.2, 0.25) is 17.7 Å². The Morgan fingerprint density at radius 1 is 0.980 bits per heavy atom. The number of carbonyl (C=O) groups is 4. The molecule has 1 aromatic heterocycles. The van der Waals surface area contributed by atoms with Crippen LogP contribution in [0.4, 0.5) is 5.69 Å². The fourth-order valence-corrected chi connectivity index (χ4v) is 6.19. The minimum Gasteiger partial charge on any atom is -0.490 e. The highest BCUT2D eigenvalue weighted by Gasteiger charge is 2.34. The number of hydrogen-bond donors (Lipinski definition) is 2. The average Bonchev–Trinajstić information content (AvgIpc) is 3.07. The SMILES string of the molecule is Cc1nccc(Oc2ccc(C(C)(C)c3ccc(OC4CC(Nc5ccc(C=O)c(C(=O)N(C)C6CCC(=O)NC6=O)c5)C4)cc3)cc2)n1. The summed E-state index contributed by atoms with van der Waals surface area (Å²) >= 11 is 0. The molecule has 4 aromatic rings. The van der Waals surface area contributed by atoms with E-state index in [1.807, 2.05) is 31.2 Å². The molecule has 1 unspecified atom stereocenters. The topological polar surface area (TPSA) is 140 Å². The third kappa shape index (κ3) is 7.45. The molecule has 1 aliphatic carbocycles. The summed E-state index contributed by atoms with van der Waals surface area (Å²) in [6.07, 6.45) is 4.27. The largest absolute Gasteiger partial charge is 0.490 e. The highest BCUT2D eigenvalue weighted by Crippen LogP contribution is 2.35. The third-order valence-electron chi connectivity index (χ3n) is 9.30. The first kappa shape index (κ1) is 33.3. The van der Waals surface area contributed by atoms with Crippen LogP contribution in [0, 0.1) is 6.92 Å². The summed E-state index contributed by atoms with van der Waals surface area (Å²) in [5.74, 6) is 1.34. The van der Waals surface area contributed by atoms with Crippen molar-refractivity contribution in [2.45, 2.75) is 70.1 Å². The Balaban J connectivity index is 1.02. The predicted molar refractivity (Wildman–Crippen MR) is 183 cm³/mol. The van der Waals surface area contributed by atoms with Gasteiger partial charge < -0.3 is 19.7 Å². The fraction of sp³-hybridized carbons (Fsp3) is 0.316. The molecule has 0 bridgehead atoms. The maximum Gasteiger partial charge on any atom is 0.255 e. The highest BCUT2D eigenvalue weighted by molar-refractivity contribution is 6.06. The molecule has 1 aliphatic heterocycles. The Labute approximate surface area is 285 Å². The molecule has 3 amide bonds. The van der Waals surface area contributed by atoms with Gasteiger partial charge in [-0.15, -0.1) is 0 Å². The Bertz CT molecular complexity index is 1870. The predicted octanol–water partition coefficient (Wildman–Crippen LogP) is 5.61. The van der Waals surface area contributed by atoms with Crippen molar-refractivity contribution in [3.8, 4) is 17.4 Å². The summed E-state index contributed by atoms with van der Waals surface area (Å²) < 4.78 is 12.1. The normalized spacial score (nSPS) is 18.9. The van der Waals surface area contributed by atoms with Crippen molar-refractivity contribution < 1.29 is 28.7 Å². The molecular weight excluding hydrogens is 622 g/mol. The van der Waals surface area contributed by atoms with E-state index in [-0.39, 0.29) is 47.4 Å². The maximum absolute atomic E-state index is 13.3. The second kappa shape index (κ2) is 13.9. The lowest BCUT2D eigenvalue weighted by Crippen LogP contribution is -2.53. The molecule has 2 heterocycles. The van der Waals surface area contributed by atoms with Gasteiger partial charge in [0, 0.05) is 61.3 Å². The molecule has 0 radical (unpaired) electrons. The van der Waals surface area contributed by atoms with Crippen molar-refractivity contribution in [1.29, 1.82) is 0 Å². The molecule has 1 saturated heterocycles. The van der Waals surface area contributed by atoms with Crippen molar-refractivity contribution in [3.05, 3.63) is 107 Å². The van der Waals surface area contributed by atoms with Crippen LogP contribution in [0.3, 0.4) is 0 Å². The fourth-order valence-electron chi connectivity index (χ4n) is 6.19. The van der Waals surface area contributed by atoms with Gasteiger partial charge in [0.05, 0.1) is 5.56 Å². The first-order valence-electron chi connectivity index (χ1n) is 16.3. The third-order valence-corrected chi connectivity index (χ3v) is 9.30. The van der Waals surface area contributed by atoms with Crippen molar-refractivity contribution in [2.75, 3.05) is 12.4 Å². The van der Waals surface area contributed by atoms with Gasteiger partial charge in [0.15, 0.2) is 6.29 Å². The zero-order valence-electron chi connectivity index (χ0n) is 27.9. The molecule has 6 rings (SSSR count). The van der Waals surface area contributed by atoms with E-state index in [4.69, 9.17) is 9.47 Å². The lowest BCUT2D eigenvalue weighted by molar-refractivity contribution is -0.136. The molecule has 0 spiro atoms. The lowest BCUT2D eigenvalue weighted by Gasteiger charge is -2.36. The van der Waals surface area contributed by atoms with Gasteiger partial charge >= 0.3 is 0 Å². The minimum atomic E-state index is -0.779. The summed E-state index contributed by atoms with van der Waals surface area (Å²) in [7, 11) is 1.51. The molecule has 2 aliphatic rings. The molecular formula is C38H39N5O6. The Kier molecular flexibility index (Phi) is 9.44. The van der Waals surface area contributed by atoms with Crippen LogP contribution >= 0.6 is 0 Å². The molecule has 1 atom stereocenters. The Hall–Kier alpha value is -5.58. The number of rotatable bonds is 11. The van der Waals surface area contributed by atoms with Gasteiger partial charge in [-0.05, 0) is 66.9 Å². The van der Waals surface area contributed by atoms with Crippen LogP contribution in [0.5, 0.6) is 17.4 Å². The van der Waals surface area contributed by atoms with Gasteiger partial charge in [0.25, 0.3) is 5.91 Å². The molecule has 252 valence electrons. The number of aldehydes is 1. The van der Waals surface area contributed by atoms with E-state index in [1.165, 1.54) is 11.9 Å². The van der Waals surface area contributed by atoms with Crippen LogP contribution in [-0.2, 0) is 15.0 Å². The zero-order valence-corrected chi connectivity index (χ0v) is 27.9. The summed E-state index contributed by atoms with van der Waals surface area (Å²) in [5, 5.41) is 5.71. The summed E-state index contributed by atoms with van der Waals surface area (Å²) in [6.45, 7) is 6.19. The van der Waals surface area contributed by atoms with Gasteiger partial charge in [-0.2, -0.15) is 4.98 Å². The quantitative estimate of drug-likeness (QED) is 0.155. The number of imide groups is 1. The van der Waals surface area contributed by atoms with E-state index in [2.05, 4.69) is 58.7 Å². The highest BCUT2D eigenvalue weighted by atomic mass is 16.5. The van der Waals surface area contributed by atoms with Crippen LogP contribution in [-0.4, -0.2) is 64.1 Å². The van der Waals surface area contributed by atoms with Gasteiger partial charge in [-0.1, -0.05) is 38.1 Å². The van der Waals surface area contributed by atoms with Crippen LogP contribution in [0.1, 0.15) is 77.2 Å². The summed E-state index contributed by atoms with van der Waals surface area (Å²) in [4.78, 5) is 58.6. The zero-order chi connectivity index (χ0) is 34.7. The standard InChI is InChI=1S/C38H39N5O6/c1-23-39-18-17-35(40-23)49-30-13-8-26(9-14-30)38(2,3)25-6-11-29(12-7-25)48-31-19-28(20-31)41-27-10-5-24(22-44)32(21-27)37(47)43(4)33-15-16-34(45)42-36(33)46/h5-14,17-18,21-22,28,31,33,41H,15-16,19-20H2,1-4H3,(H,42,45,46). The number of likely N-dealkylation sites (N-methyl/N-ethyl adjacent to an activating group) is 1. The average molecular weight is 662 g/mol. The summed E-state index contributed by atoms with van der Waals surface area (Å²) in [5.41, 5.74) is 3.18. The molecule has 11 heteroatoms. The van der Waals surface area contributed by atoms with E-state index < -0.39 is 17.9 Å². The molecule has 3 aromatic carbocycles. The second-order valence-corrected chi connectivity index (χ2v) is 13.1. The smallest absolute Gasteiger partial charge is 0.255 e. The van der Waals surface area contributed by atoms with E-state index in [9.17, 15) is 19.2 Å². The summed E-state index contributed by atoms with van der Waals surface area (Å²) in [6, 6.07) is 22.3. The van der Waals surface area contributed by atoms with E-state index in [1.54, 1.807) is 30.5 Å². The number of ether oxygens (including phenoxy) is 2. The van der Waals surface area contributed by atoms with Crippen LogP contribution in [0.25, 0.3) is 0 Å². The number of anilines is 1. The van der Waals surface area contributed by atoms with Crippen LogP contribution in [0.2, 0.25) is 0 Å². The monoisotopic (exact) mass is 661 g/mol. The van der Waals surface area contributed by atoms with Crippen molar-refractivity contribution in [1.82, 2.24) is 20.2 Å². The first-order chi connectivity index (χ1) is 23.5. The van der Waals surface area contributed by atoms with Crippen LogP contribution < -0.4 is 20.1 Å². The van der Waals surface area contributed by atoms with Gasteiger partial charge in [-0.25, -0.2) is 4.98 Å². The number of benzene rings is 3. The molecule has 11 nitrogen and oxygen atoms in total. The molecule has 49 heavy (non-hydrogen) atoms. The minimum absolute atomic E-state index is 0.0385. The second-order valence-electron chi connectivity index (χ2n) is 13.1. The van der Waals surface area contributed by atoms with E-state index in [0.29, 0.717) is 29.4 Å². The molecule has 2 N–H and O–H groups in total. The van der Waals surface area contributed by atoms with Gasteiger partial charge in [-0.3, -0.25) is 24.5 Å². The van der Waals surface area contributed by atoms with Crippen molar-refractivity contribution >= 4 is 29.7 Å². The Morgan fingerprint density at radius 3 is 2.29 bits per heavy atom. The molecule has 1 saturated carbocycles. The molecule has 2 fully saturated rings.